The lowest BCUT2D eigenvalue weighted by Gasteiger charge is -1.93. The summed E-state index contributed by atoms with van der Waals surface area (Å²) in [5.74, 6) is 0.435. The van der Waals surface area contributed by atoms with Gasteiger partial charge in [0.05, 0.1) is 10.6 Å². The molecule has 2 heterocycles. The van der Waals surface area contributed by atoms with E-state index in [0.29, 0.717) is 5.82 Å². The molecule has 2 aromatic rings. The maximum Gasteiger partial charge on any atom is 0.146 e. The van der Waals surface area contributed by atoms with Crippen LogP contribution in [0.3, 0.4) is 0 Å². The molecule has 0 atom stereocenters. The van der Waals surface area contributed by atoms with Gasteiger partial charge in [-0.3, -0.25) is 0 Å². The third-order valence-corrected chi connectivity index (χ3v) is 2.47. The van der Waals surface area contributed by atoms with Crippen LogP contribution in [-0.4, -0.2) is 14.6 Å². The summed E-state index contributed by atoms with van der Waals surface area (Å²) in [4.78, 5) is 1.02. The minimum Gasteiger partial charge on any atom is -0.382 e. The summed E-state index contributed by atoms with van der Waals surface area (Å²) in [6.07, 6.45) is 0. The van der Waals surface area contributed by atoms with E-state index in [2.05, 4.69) is 14.6 Å². The topological polar surface area (TPSA) is 64.7 Å². The Balaban J connectivity index is 2.41. The van der Waals surface area contributed by atoms with Crippen LogP contribution >= 0.6 is 11.5 Å². The average Bonchev–Trinajstić information content (AvgIpc) is 2.53. The molecule has 5 heteroatoms. The van der Waals surface area contributed by atoms with E-state index in [1.54, 1.807) is 6.07 Å². The molecule has 0 fully saturated rings. The van der Waals surface area contributed by atoms with Crippen LogP contribution in [0.5, 0.6) is 0 Å². The largest absolute Gasteiger partial charge is 0.382 e. The summed E-state index contributed by atoms with van der Waals surface area (Å²) in [6.45, 7) is 1.95. The molecule has 0 aliphatic rings. The summed E-state index contributed by atoms with van der Waals surface area (Å²) in [7, 11) is 0. The van der Waals surface area contributed by atoms with Gasteiger partial charge in [-0.1, -0.05) is 0 Å². The molecule has 4 nitrogen and oxygen atoms in total. The number of aryl methyl sites for hydroxylation is 1. The van der Waals surface area contributed by atoms with E-state index in [4.69, 9.17) is 5.73 Å². The normalized spacial score (nSPS) is 10.2. The first-order valence-corrected chi connectivity index (χ1v) is 4.56. The van der Waals surface area contributed by atoms with Gasteiger partial charge in [-0.05, 0) is 36.7 Å². The summed E-state index contributed by atoms with van der Waals surface area (Å²) in [5.41, 5.74) is 7.24. The second-order valence-electron chi connectivity index (χ2n) is 2.68. The highest BCUT2D eigenvalue weighted by molar-refractivity contribution is 7.09. The molecule has 0 unspecified atom stereocenters. The zero-order valence-corrected chi connectivity index (χ0v) is 7.88. The molecular weight excluding hydrogens is 184 g/mol. The van der Waals surface area contributed by atoms with E-state index >= 15 is 0 Å². The predicted octanol–water partition coefficient (Wildman–Crippen LogP) is 1.49. The van der Waals surface area contributed by atoms with Crippen molar-refractivity contribution in [1.29, 1.82) is 0 Å². The van der Waals surface area contributed by atoms with Crippen molar-refractivity contribution in [3.63, 3.8) is 0 Å². The van der Waals surface area contributed by atoms with Crippen LogP contribution < -0.4 is 5.73 Å². The first-order valence-electron chi connectivity index (χ1n) is 3.78. The van der Waals surface area contributed by atoms with E-state index in [0.717, 1.165) is 16.3 Å². The van der Waals surface area contributed by atoms with Crippen LogP contribution in [0, 0.1) is 6.92 Å². The quantitative estimate of drug-likeness (QED) is 0.743. The number of anilines is 1. The number of aromatic nitrogens is 3. The lowest BCUT2D eigenvalue weighted by molar-refractivity contribution is 1.05. The van der Waals surface area contributed by atoms with Crippen molar-refractivity contribution in [1.82, 2.24) is 14.6 Å². The van der Waals surface area contributed by atoms with Gasteiger partial charge in [0, 0.05) is 0 Å². The lowest BCUT2D eigenvalue weighted by Crippen LogP contribution is -1.92. The van der Waals surface area contributed by atoms with Crippen molar-refractivity contribution in [2.24, 2.45) is 0 Å². The molecule has 0 bridgehead atoms. The Bertz CT molecular complexity index is 406. The lowest BCUT2D eigenvalue weighted by atomic mass is 10.3. The van der Waals surface area contributed by atoms with Gasteiger partial charge in [0.2, 0.25) is 0 Å². The fraction of sp³-hybridized carbons (Fsp3) is 0.125. The van der Waals surface area contributed by atoms with Gasteiger partial charge in [0.25, 0.3) is 0 Å². The fourth-order valence-electron chi connectivity index (χ4n) is 0.958. The molecule has 0 aliphatic carbocycles. The zero-order valence-electron chi connectivity index (χ0n) is 7.06. The molecule has 0 amide bonds. The van der Waals surface area contributed by atoms with Crippen molar-refractivity contribution in [2.75, 3.05) is 5.73 Å². The summed E-state index contributed by atoms with van der Waals surface area (Å²) < 4.78 is 4.16. The van der Waals surface area contributed by atoms with Gasteiger partial charge in [0.1, 0.15) is 11.5 Å². The molecule has 0 aromatic carbocycles. The Morgan fingerprint density at radius 2 is 2.15 bits per heavy atom. The third-order valence-electron chi connectivity index (χ3n) is 1.57. The Labute approximate surface area is 79.6 Å². The number of hydrogen-bond acceptors (Lipinski definition) is 5. The van der Waals surface area contributed by atoms with Crippen LogP contribution in [0.25, 0.3) is 10.6 Å². The maximum atomic E-state index is 5.42. The molecule has 2 rings (SSSR count). The highest BCUT2D eigenvalue weighted by atomic mass is 32.1. The van der Waals surface area contributed by atoms with E-state index in [1.165, 1.54) is 11.5 Å². The maximum absolute atomic E-state index is 5.42. The first kappa shape index (κ1) is 8.12. The zero-order chi connectivity index (χ0) is 9.26. The van der Waals surface area contributed by atoms with Gasteiger partial charge < -0.3 is 5.73 Å². The highest BCUT2D eigenvalue weighted by Crippen LogP contribution is 2.21. The molecule has 0 saturated carbocycles. The Hall–Kier alpha value is -1.49. The molecule has 13 heavy (non-hydrogen) atoms. The second-order valence-corrected chi connectivity index (χ2v) is 3.48. The van der Waals surface area contributed by atoms with E-state index in [9.17, 15) is 0 Å². The number of nitrogens with two attached hydrogens (primary N) is 1. The third kappa shape index (κ3) is 1.65. The number of nitrogen functional groups attached to an aromatic ring is 1. The minimum absolute atomic E-state index is 0.435. The molecule has 2 N–H and O–H groups in total. The molecule has 2 aromatic heterocycles. The standard InChI is InChI=1S/C8H8N4S/c1-5-4-7(13-12-5)6-2-3-8(9)11-10-6/h2-4H,1H3,(H2,9,11). The summed E-state index contributed by atoms with van der Waals surface area (Å²) >= 11 is 1.42. The Morgan fingerprint density at radius 1 is 1.31 bits per heavy atom. The molecule has 0 aliphatic heterocycles. The number of rotatable bonds is 1. The summed E-state index contributed by atoms with van der Waals surface area (Å²) in [5, 5.41) is 7.73. The van der Waals surface area contributed by atoms with Crippen LogP contribution in [0.4, 0.5) is 5.82 Å². The van der Waals surface area contributed by atoms with Crippen molar-refractivity contribution in [3.05, 3.63) is 23.9 Å². The Kier molecular flexibility index (Phi) is 1.94. The van der Waals surface area contributed by atoms with Gasteiger partial charge in [-0.15, -0.1) is 10.2 Å². The van der Waals surface area contributed by atoms with E-state index in [-0.39, 0.29) is 0 Å². The van der Waals surface area contributed by atoms with Gasteiger partial charge in [-0.25, -0.2) is 0 Å². The van der Waals surface area contributed by atoms with E-state index < -0.39 is 0 Å². The van der Waals surface area contributed by atoms with Crippen molar-refractivity contribution < 1.29 is 0 Å². The fourth-order valence-corrected chi connectivity index (χ4v) is 1.68. The first-order chi connectivity index (χ1) is 6.25. The highest BCUT2D eigenvalue weighted by Gasteiger charge is 2.02. The van der Waals surface area contributed by atoms with Crippen LogP contribution in [0.1, 0.15) is 5.69 Å². The van der Waals surface area contributed by atoms with Crippen LogP contribution in [0.2, 0.25) is 0 Å². The Morgan fingerprint density at radius 3 is 2.69 bits per heavy atom. The smallest absolute Gasteiger partial charge is 0.146 e. The molecular formula is C8H8N4S. The molecule has 0 spiro atoms. The monoisotopic (exact) mass is 192 g/mol. The van der Waals surface area contributed by atoms with Gasteiger partial charge in [0.15, 0.2) is 0 Å². The van der Waals surface area contributed by atoms with Gasteiger partial charge in [-0.2, -0.15) is 4.37 Å². The predicted molar refractivity (Wildman–Crippen MR) is 52.3 cm³/mol. The summed E-state index contributed by atoms with van der Waals surface area (Å²) in [6, 6.07) is 5.55. The van der Waals surface area contributed by atoms with Crippen molar-refractivity contribution in [2.45, 2.75) is 6.92 Å². The van der Waals surface area contributed by atoms with Crippen molar-refractivity contribution >= 4 is 17.4 Å². The van der Waals surface area contributed by atoms with Crippen LogP contribution in [-0.2, 0) is 0 Å². The number of hydrogen-bond donors (Lipinski definition) is 1. The second kappa shape index (κ2) is 3.10. The molecule has 66 valence electrons. The van der Waals surface area contributed by atoms with Crippen molar-refractivity contribution in [3.8, 4) is 10.6 Å². The number of nitrogens with zero attached hydrogens (tertiary/aromatic N) is 3. The minimum atomic E-state index is 0.435. The average molecular weight is 192 g/mol. The SMILES string of the molecule is Cc1cc(-c2ccc(N)nn2)sn1. The van der Waals surface area contributed by atoms with Crippen LogP contribution in [0.15, 0.2) is 18.2 Å². The molecule has 0 radical (unpaired) electrons. The molecule has 0 saturated heterocycles. The van der Waals surface area contributed by atoms with E-state index in [1.807, 2.05) is 19.1 Å². The van der Waals surface area contributed by atoms with Gasteiger partial charge >= 0.3 is 0 Å².